The Morgan fingerprint density at radius 2 is 2.03 bits per heavy atom. The predicted molar refractivity (Wildman–Crippen MR) is 110 cm³/mol. The highest BCUT2D eigenvalue weighted by Gasteiger charge is 2.28. The predicted octanol–water partition coefficient (Wildman–Crippen LogP) is 3.00. The number of amides is 2. The first-order valence-corrected chi connectivity index (χ1v) is 11.6. The van der Waals surface area contributed by atoms with Crippen LogP contribution in [-0.2, 0) is 41.2 Å². The molecule has 0 aliphatic heterocycles. The van der Waals surface area contributed by atoms with Crippen molar-refractivity contribution >= 4 is 33.0 Å². The minimum atomic E-state index is -3.55. The smallest absolute Gasteiger partial charge is 0.355 e. The van der Waals surface area contributed by atoms with Crippen LogP contribution in [0.5, 0.6) is 0 Å². The molecule has 4 rings (SSSR count). The summed E-state index contributed by atoms with van der Waals surface area (Å²) in [6, 6.07) is 1.45. The number of carbonyl (C=O) groups is 1. The van der Waals surface area contributed by atoms with Gasteiger partial charge in [0.15, 0.2) is 16.1 Å². The van der Waals surface area contributed by atoms with E-state index in [-0.39, 0.29) is 4.21 Å². The lowest BCUT2D eigenvalue weighted by atomic mass is 9.83. The van der Waals surface area contributed by atoms with Gasteiger partial charge in [-0.2, -0.15) is 5.26 Å². The lowest BCUT2D eigenvalue weighted by Crippen LogP contribution is -2.22. The third-order valence-electron chi connectivity index (χ3n) is 5.15. The molecule has 2 aromatic rings. The maximum atomic E-state index is 13.3. The van der Waals surface area contributed by atoms with Gasteiger partial charge in [0.2, 0.25) is 0 Å². The summed E-state index contributed by atoms with van der Waals surface area (Å²) in [5, 5.41) is 22.3. The number of nitriles is 1. The normalized spacial score (nSPS) is 16.6. The van der Waals surface area contributed by atoms with E-state index in [1.54, 1.807) is 20.0 Å². The molecular weight excluding hydrogens is 410 g/mol. The number of anilines is 1. The number of hydrogen-bond donors (Lipinski definition) is 3. The number of thiazole rings is 1. The van der Waals surface area contributed by atoms with Gasteiger partial charge >= 0.3 is 6.03 Å². The number of aliphatic hydroxyl groups is 1. The largest absolute Gasteiger partial charge is 0.383 e. The second kappa shape index (κ2) is 7.09. The molecule has 2 amide bonds. The number of benzene rings is 1. The lowest BCUT2D eigenvalue weighted by molar-refractivity contribution is 0.0783. The number of aryl methyl sites for hydroxylation is 2. The number of nitrogens with one attached hydrogen (secondary N) is 2. The molecule has 8 nitrogen and oxygen atoms in total. The summed E-state index contributed by atoms with van der Waals surface area (Å²) < 4.78 is 19.3. The maximum absolute atomic E-state index is 13.3. The Bertz CT molecular complexity index is 1160. The molecule has 0 fully saturated rings. The van der Waals surface area contributed by atoms with Gasteiger partial charge in [-0.15, -0.1) is 15.7 Å². The fourth-order valence-electron chi connectivity index (χ4n) is 3.69. The summed E-state index contributed by atoms with van der Waals surface area (Å²) in [7, 11) is -3.55. The quantitative estimate of drug-likeness (QED) is 0.506. The number of aromatic nitrogens is 1. The molecule has 3 N–H and O–H groups in total. The van der Waals surface area contributed by atoms with Crippen LogP contribution in [0.1, 0.15) is 47.5 Å². The van der Waals surface area contributed by atoms with Gasteiger partial charge in [0.1, 0.15) is 14.8 Å². The number of carbonyl (C=O) groups excluding carboxylic acids is 1. The molecule has 0 saturated carbocycles. The van der Waals surface area contributed by atoms with Crippen molar-refractivity contribution in [3.8, 4) is 6.19 Å². The second-order valence-corrected chi connectivity index (χ2v) is 10.9. The highest BCUT2D eigenvalue weighted by atomic mass is 32.2. The van der Waals surface area contributed by atoms with Crippen molar-refractivity contribution < 1.29 is 14.1 Å². The van der Waals surface area contributed by atoms with Gasteiger partial charge in [0, 0.05) is 5.69 Å². The molecule has 152 valence electrons. The van der Waals surface area contributed by atoms with Crippen molar-refractivity contribution in [2.75, 3.05) is 5.32 Å². The van der Waals surface area contributed by atoms with Gasteiger partial charge in [-0.25, -0.2) is 18.7 Å². The van der Waals surface area contributed by atoms with E-state index in [2.05, 4.69) is 25.5 Å². The van der Waals surface area contributed by atoms with Gasteiger partial charge < -0.3 is 10.4 Å². The highest BCUT2D eigenvalue weighted by molar-refractivity contribution is 7.94. The Kier molecular flexibility index (Phi) is 4.85. The highest BCUT2D eigenvalue weighted by Crippen LogP contribution is 2.39. The fourth-order valence-corrected chi connectivity index (χ4v) is 6.10. The summed E-state index contributed by atoms with van der Waals surface area (Å²) in [5.41, 5.74) is 4.31. The Morgan fingerprint density at radius 1 is 1.31 bits per heavy atom. The molecule has 0 bridgehead atoms. The van der Waals surface area contributed by atoms with E-state index < -0.39 is 21.5 Å². The number of rotatable bonds is 4. The van der Waals surface area contributed by atoms with E-state index in [0.717, 1.165) is 60.3 Å². The zero-order valence-electron chi connectivity index (χ0n) is 16.1. The summed E-state index contributed by atoms with van der Waals surface area (Å²) in [6.45, 7) is 3.10. The zero-order valence-corrected chi connectivity index (χ0v) is 17.7. The Morgan fingerprint density at radius 3 is 2.66 bits per heavy atom. The monoisotopic (exact) mass is 431 g/mol. The van der Waals surface area contributed by atoms with E-state index in [1.165, 1.54) is 17.3 Å². The first-order chi connectivity index (χ1) is 13.7. The number of urea groups is 1. The molecule has 29 heavy (non-hydrogen) atoms. The molecule has 0 saturated heterocycles. The van der Waals surface area contributed by atoms with E-state index >= 15 is 0 Å². The molecule has 10 heteroatoms. The van der Waals surface area contributed by atoms with Crippen molar-refractivity contribution in [1.29, 1.82) is 5.26 Å². The van der Waals surface area contributed by atoms with Crippen LogP contribution in [0.15, 0.2) is 20.8 Å². The van der Waals surface area contributed by atoms with Crippen LogP contribution in [-0.4, -0.2) is 20.3 Å². The molecule has 0 spiro atoms. The van der Waals surface area contributed by atoms with Crippen molar-refractivity contribution in [1.82, 2.24) is 9.71 Å². The van der Waals surface area contributed by atoms with E-state index in [9.17, 15) is 14.1 Å². The van der Waals surface area contributed by atoms with Gasteiger partial charge in [-0.1, -0.05) is 6.07 Å². The van der Waals surface area contributed by atoms with Crippen molar-refractivity contribution in [2.24, 2.45) is 4.36 Å². The zero-order chi connectivity index (χ0) is 20.8. The van der Waals surface area contributed by atoms with Gasteiger partial charge in [0.05, 0.1) is 6.20 Å². The number of nitrogens with zero attached hydrogens (tertiary/aromatic N) is 3. The van der Waals surface area contributed by atoms with Gasteiger partial charge in [0.25, 0.3) is 0 Å². The van der Waals surface area contributed by atoms with Crippen LogP contribution in [0.2, 0.25) is 0 Å². The Labute approximate surface area is 173 Å². The Hall–Kier alpha value is -2.48. The van der Waals surface area contributed by atoms with Crippen LogP contribution in [0, 0.1) is 11.5 Å². The third-order valence-corrected chi connectivity index (χ3v) is 8.63. The van der Waals surface area contributed by atoms with Crippen molar-refractivity contribution in [3.63, 3.8) is 0 Å². The van der Waals surface area contributed by atoms with E-state index in [0.29, 0.717) is 5.01 Å². The minimum absolute atomic E-state index is 0.109. The van der Waals surface area contributed by atoms with Crippen LogP contribution in [0.3, 0.4) is 0 Å². The van der Waals surface area contributed by atoms with E-state index in [4.69, 9.17) is 5.26 Å². The minimum Gasteiger partial charge on any atom is -0.383 e. The number of hydrogen-bond acceptors (Lipinski definition) is 6. The Balaban J connectivity index is 1.69. The lowest BCUT2D eigenvalue weighted by Gasteiger charge is -2.25. The molecule has 2 aliphatic carbocycles. The van der Waals surface area contributed by atoms with Crippen LogP contribution in [0.4, 0.5) is 10.5 Å². The average molecular weight is 432 g/mol. The molecule has 1 heterocycles. The summed E-state index contributed by atoms with van der Waals surface area (Å²) in [4.78, 5) is 16.8. The van der Waals surface area contributed by atoms with Crippen LogP contribution in [0.25, 0.3) is 0 Å². The molecule has 1 atom stereocenters. The average Bonchev–Trinajstić information content (AvgIpc) is 3.26. The van der Waals surface area contributed by atoms with Gasteiger partial charge in [-0.05, 0) is 68.2 Å². The molecule has 2 aliphatic rings. The van der Waals surface area contributed by atoms with Crippen molar-refractivity contribution in [2.45, 2.75) is 55.8 Å². The van der Waals surface area contributed by atoms with E-state index in [1.807, 2.05) is 0 Å². The van der Waals surface area contributed by atoms with Gasteiger partial charge in [-0.3, -0.25) is 0 Å². The first-order valence-electron chi connectivity index (χ1n) is 9.30. The summed E-state index contributed by atoms with van der Waals surface area (Å²) >= 11 is 0.948. The standard InChI is InChI=1S/C19H21N5O3S2/c1-19(2,26)17-21-9-15(28-17)29(27,22-10-20)24-18(25)23-16-13-5-3-4-11(13)8-12-6-7-14(12)16/h8-9,26H,3-7H2,1-2H3,(H2,22,23,24,25,27). The summed E-state index contributed by atoms with van der Waals surface area (Å²) in [5.74, 6) is 0. The SMILES string of the molecule is CC(C)(O)c1ncc(S(=O)(=NC(=O)Nc2c3c(cc4c2CC4)CCC3)NC#N)s1. The molecule has 0 radical (unpaired) electrons. The molecule has 1 unspecified atom stereocenters. The molecule has 1 aromatic carbocycles. The first kappa shape index (κ1) is 19.8. The third kappa shape index (κ3) is 3.61. The topological polar surface area (TPSA) is 127 Å². The fraction of sp³-hybridized carbons (Fsp3) is 0.421. The molecule has 1 aromatic heterocycles. The maximum Gasteiger partial charge on any atom is 0.355 e. The van der Waals surface area contributed by atoms with Crippen LogP contribution >= 0.6 is 11.3 Å². The second-order valence-electron chi connectivity index (χ2n) is 7.69. The van der Waals surface area contributed by atoms with Crippen LogP contribution < -0.4 is 10.0 Å². The summed E-state index contributed by atoms with van der Waals surface area (Å²) in [6.07, 6.45) is 7.72. The molecular formula is C19H21N5O3S2. The van der Waals surface area contributed by atoms with Crippen molar-refractivity contribution in [3.05, 3.63) is 39.5 Å². The number of fused-ring (bicyclic) bond motifs is 2.